The van der Waals surface area contributed by atoms with Gasteiger partial charge in [0.15, 0.2) is 0 Å². The number of hydrogen-bond donors (Lipinski definition) is 1. The number of sulfonamides is 1. The van der Waals surface area contributed by atoms with Crippen molar-refractivity contribution >= 4 is 15.9 Å². The molecule has 0 saturated carbocycles. The second kappa shape index (κ2) is 7.35. The van der Waals surface area contributed by atoms with Gasteiger partial charge in [0.2, 0.25) is 15.9 Å². The van der Waals surface area contributed by atoms with Gasteiger partial charge in [0.25, 0.3) is 0 Å². The Labute approximate surface area is 118 Å². The fourth-order valence-electron chi connectivity index (χ4n) is 1.56. The molecule has 1 amide bonds. The highest BCUT2D eigenvalue weighted by molar-refractivity contribution is 7.88. The first-order chi connectivity index (χ1) is 9.32. The van der Waals surface area contributed by atoms with E-state index in [1.807, 2.05) is 6.92 Å². The van der Waals surface area contributed by atoms with Crippen LogP contribution in [0.5, 0.6) is 0 Å². The molecule has 20 heavy (non-hydrogen) atoms. The summed E-state index contributed by atoms with van der Waals surface area (Å²) in [6.45, 7) is 2.22. The number of halogens is 1. The van der Waals surface area contributed by atoms with Crippen molar-refractivity contribution in [2.45, 2.75) is 19.9 Å². The van der Waals surface area contributed by atoms with Crippen LogP contribution >= 0.6 is 0 Å². The second-order valence-corrected chi connectivity index (χ2v) is 6.49. The number of hydrogen-bond acceptors (Lipinski definition) is 3. The molecule has 7 heteroatoms. The molecule has 0 aliphatic heterocycles. The van der Waals surface area contributed by atoms with E-state index in [0.717, 1.165) is 17.0 Å². The van der Waals surface area contributed by atoms with E-state index in [9.17, 15) is 17.6 Å². The van der Waals surface area contributed by atoms with E-state index in [1.54, 1.807) is 0 Å². The molecule has 0 aliphatic rings. The van der Waals surface area contributed by atoms with Crippen LogP contribution in [0.25, 0.3) is 0 Å². The number of carbonyl (C=O) groups excluding carboxylic acids is 1. The zero-order valence-corrected chi connectivity index (χ0v) is 12.4. The topological polar surface area (TPSA) is 66.5 Å². The minimum absolute atomic E-state index is 0.0403. The first kappa shape index (κ1) is 16.6. The van der Waals surface area contributed by atoms with Crippen molar-refractivity contribution in [3.8, 4) is 0 Å². The number of amides is 1. The Bertz CT molecular complexity index is 543. The van der Waals surface area contributed by atoms with E-state index in [2.05, 4.69) is 5.32 Å². The monoisotopic (exact) mass is 302 g/mol. The second-order valence-electron chi connectivity index (χ2n) is 4.51. The van der Waals surface area contributed by atoms with E-state index < -0.39 is 10.0 Å². The summed E-state index contributed by atoms with van der Waals surface area (Å²) >= 11 is 0. The van der Waals surface area contributed by atoms with Gasteiger partial charge in [0.1, 0.15) is 5.82 Å². The van der Waals surface area contributed by atoms with Crippen molar-refractivity contribution in [1.29, 1.82) is 0 Å². The molecular weight excluding hydrogens is 283 g/mol. The van der Waals surface area contributed by atoms with Gasteiger partial charge in [-0.15, -0.1) is 0 Å². The minimum atomic E-state index is -3.51. The summed E-state index contributed by atoms with van der Waals surface area (Å²) in [5.41, 5.74) is 0.625. The molecule has 5 nitrogen and oxygen atoms in total. The van der Waals surface area contributed by atoms with Crippen LogP contribution < -0.4 is 5.32 Å². The highest BCUT2D eigenvalue weighted by Crippen LogP contribution is 2.09. The molecule has 0 bridgehead atoms. The minimum Gasteiger partial charge on any atom is -0.355 e. The van der Waals surface area contributed by atoms with Gasteiger partial charge in [0, 0.05) is 13.1 Å². The molecule has 1 aromatic rings. The van der Waals surface area contributed by atoms with E-state index in [-0.39, 0.29) is 24.8 Å². The molecule has 0 spiro atoms. The molecule has 0 saturated heterocycles. The Kier molecular flexibility index (Phi) is 6.09. The molecule has 0 radical (unpaired) electrons. The van der Waals surface area contributed by atoms with Crippen LogP contribution in [0.3, 0.4) is 0 Å². The number of benzene rings is 1. The van der Waals surface area contributed by atoms with Gasteiger partial charge in [-0.05, 0) is 24.1 Å². The zero-order chi connectivity index (χ0) is 15.2. The lowest BCUT2D eigenvalue weighted by atomic mass is 10.2. The fraction of sp³-hybridized carbons (Fsp3) is 0.462. The Morgan fingerprint density at radius 1 is 1.30 bits per heavy atom. The van der Waals surface area contributed by atoms with Gasteiger partial charge in [-0.1, -0.05) is 19.1 Å². The van der Waals surface area contributed by atoms with Crippen LogP contribution in [0.1, 0.15) is 18.9 Å². The summed E-state index contributed by atoms with van der Waals surface area (Å²) in [7, 11) is -3.51. The van der Waals surface area contributed by atoms with E-state index >= 15 is 0 Å². The van der Waals surface area contributed by atoms with Crippen molar-refractivity contribution in [2.75, 3.05) is 19.3 Å². The largest absolute Gasteiger partial charge is 0.355 e. The molecule has 0 aromatic heterocycles. The number of nitrogens with zero attached hydrogens (tertiary/aromatic N) is 1. The zero-order valence-electron chi connectivity index (χ0n) is 11.6. The standard InChI is InChI=1S/C13H19FN2O3S/c1-3-8-15-13(17)10-16(20(2,18)19)9-11-4-6-12(14)7-5-11/h4-7H,3,8-10H2,1-2H3,(H,15,17). The molecule has 0 heterocycles. The summed E-state index contributed by atoms with van der Waals surface area (Å²) < 4.78 is 37.2. The summed E-state index contributed by atoms with van der Waals surface area (Å²) in [5, 5.41) is 2.62. The Morgan fingerprint density at radius 3 is 2.40 bits per heavy atom. The average molecular weight is 302 g/mol. The smallest absolute Gasteiger partial charge is 0.235 e. The third kappa shape index (κ3) is 5.66. The fourth-order valence-corrected chi connectivity index (χ4v) is 2.30. The van der Waals surface area contributed by atoms with Gasteiger partial charge < -0.3 is 5.32 Å². The van der Waals surface area contributed by atoms with Gasteiger partial charge in [-0.3, -0.25) is 4.79 Å². The van der Waals surface area contributed by atoms with Crippen LogP contribution in [0.4, 0.5) is 4.39 Å². The maximum Gasteiger partial charge on any atom is 0.235 e. The van der Waals surface area contributed by atoms with Gasteiger partial charge in [-0.2, -0.15) is 4.31 Å². The van der Waals surface area contributed by atoms with Gasteiger partial charge in [0.05, 0.1) is 12.8 Å². The van der Waals surface area contributed by atoms with Crippen molar-refractivity contribution in [3.05, 3.63) is 35.6 Å². The predicted octanol–water partition coefficient (Wildman–Crippen LogP) is 1.11. The third-order valence-electron chi connectivity index (χ3n) is 2.63. The Morgan fingerprint density at radius 2 is 1.90 bits per heavy atom. The lowest BCUT2D eigenvalue weighted by Crippen LogP contribution is -2.40. The SMILES string of the molecule is CCCNC(=O)CN(Cc1ccc(F)cc1)S(C)(=O)=O. The quantitative estimate of drug-likeness (QED) is 0.820. The summed E-state index contributed by atoms with van der Waals surface area (Å²) in [6, 6.07) is 5.51. The van der Waals surface area contributed by atoms with E-state index in [0.29, 0.717) is 12.1 Å². The van der Waals surface area contributed by atoms with Crippen LogP contribution in [0.2, 0.25) is 0 Å². The summed E-state index contributed by atoms with van der Waals surface area (Å²) in [4.78, 5) is 11.6. The average Bonchev–Trinajstić information content (AvgIpc) is 2.37. The first-order valence-corrected chi connectivity index (χ1v) is 8.14. The molecule has 1 N–H and O–H groups in total. The van der Waals surface area contributed by atoms with E-state index in [4.69, 9.17) is 0 Å². The molecule has 0 aliphatic carbocycles. The molecular formula is C13H19FN2O3S. The van der Waals surface area contributed by atoms with Crippen LogP contribution in [0.15, 0.2) is 24.3 Å². The van der Waals surface area contributed by atoms with Crippen LogP contribution in [0, 0.1) is 5.82 Å². The van der Waals surface area contributed by atoms with Crippen LogP contribution in [-0.2, 0) is 21.4 Å². The van der Waals surface area contributed by atoms with Gasteiger partial charge in [-0.25, -0.2) is 12.8 Å². The molecule has 1 rings (SSSR count). The summed E-state index contributed by atoms with van der Waals surface area (Å²) in [6.07, 6.45) is 1.83. The van der Waals surface area contributed by atoms with Crippen LogP contribution in [-0.4, -0.2) is 38.0 Å². The normalized spacial score (nSPS) is 11.6. The lowest BCUT2D eigenvalue weighted by molar-refractivity contribution is -0.121. The number of carbonyl (C=O) groups is 1. The van der Waals surface area contributed by atoms with Crippen molar-refractivity contribution in [2.24, 2.45) is 0 Å². The summed E-state index contributed by atoms with van der Waals surface area (Å²) in [5.74, 6) is -0.736. The molecule has 0 atom stereocenters. The maximum absolute atomic E-state index is 12.8. The Balaban J connectivity index is 2.75. The van der Waals surface area contributed by atoms with Crippen molar-refractivity contribution < 1.29 is 17.6 Å². The number of nitrogens with one attached hydrogen (secondary N) is 1. The lowest BCUT2D eigenvalue weighted by Gasteiger charge is -2.19. The molecule has 0 unspecified atom stereocenters. The van der Waals surface area contributed by atoms with E-state index in [1.165, 1.54) is 24.3 Å². The molecule has 1 aromatic carbocycles. The maximum atomic E-state index is 12.8. The molecule has 112 valence electrons. The predicted molar refractivity (Wildman–Crippen MR) is 75.0 cm³/mol. The Hall–Kier alpha value is -1.47. The highest BCUT2D eigenvalue weighted by Gasteiger charge is 2.20. The molecule has 0 fully saturated rings. The van der Waals surface area contributed by atoms with Crippen molar-refractivity contribution in [1.82, 2.24) is 9.62 Å². The number of rotatable bonds is 7. The first-order valence-electron chi connectivity index (χ1n) is 6.29. The van der Waals surface area contributed by atoms with Gasteiger partial charge >= 0.3 is 0 Å². The van der Waals surface area contributed by atoms with Crippen molar-refractivity contribution in [3.63, 3.8) is 0 Å². The highest BCUT2D eigenvalue weighted by atomic mass is 32.2. The third-order valence-corrected chi connectivity index (χ3v) is 3.83.